The largest absolute Gasteiger partial charge is 0.444 e. The summed E-state index contributed by atoms with van der Waals surface area (Å²) in [5, 5.41) is 0. The highest BCUT2D eigenvalue weighted by atomic mass is 16.6. The van der Waals surface area contributed by atoms with E-state index in [1.54, 1.807) is 0 Å². The first kappa shape index (κ1) is 14.4. The predicted octanol–water partition coefficient (Wildman–Crippen LogP) is 4.13. The highest BCUT2D eigenvalue weighted by Crippen LogP contribution is 2.39. The molecule has 108 valence electrons. The van der Waals surface area contributed by atoms with Crippen molar-refractivity contribution in [3.63, 3.8) is 0 Å². The molecule has 2 bridgehead atoms. The zero-order valence-corrected chi connectivity index (χ0v) is 12.9. The summed E-state index contributed by atoms with van der Waals surface area (Å²) in [5.41, 5.74) is 1.13. The summed E-state index contributed by atoms with van der Waals surface area (Å²) in [6.45, 7) is 10.2. The van der Waals surface area contributed by atoms with E-state index in [0.717, 1.165) is 25.7 Å². The average Bonchev–Trinajstić information content (AvgIpc) is 2.47. The van der Waals surface area contributed by atoms with Crippen molar-refractivity contribution < 1.29 is 9.53 Å². The molecule has 1 amide bonds. The molecule has 3 nitrogen and oxygen atoms in total. The van der Waals surface area contributed by atoms with Crippen LogP contribution in [0.3, 0.4) is 0 Å². The first-order valence-corrected chi connectivity index (χ1v) is 7.47. The fraction of sp³-hybridized carbons (Fsp3) is 0.812. The topological polar surface area (TPSA) is 29.5 Å². The van der Waals surface area contributed by atoms with E-state index >= 15 is 0 Å². The van der Waals surface area contributed by atoms with Crippen molar-refractivity contribution in [3.05, 3.63) is 11.6 Å². The number of nitrogens with zero attached hydrogens (tertiary/aromatic N) is 1. The molecule has 2 rings (SSSR count). The summed E-state index contributed by atoms with van der Waals surface area (Å²) in [4.78, 5) is 14.3. The minimum absolute atomic E-state index is 0.122. The maximum absolute atomic E-state index is 12.3. The molecular formula is C16H27NO2. The number of rotatable bonds is 1. The standard InChI is InChI=1S/C16H27NO2/c1-11(2)8-12-9-13-6-7-14(10-12)17(13)15(18)19-16(3,4)5/h8,11,13-14H,6-7,9-10H2,1-5H3. The molecule has 2 fully saturated rings. The van der Waals surface area contributed by atoms with Crippen molar-refractivity contribution in [2.24, 2.45) is 5.92 Å². The average molecular weight is 265 g/mol. The molecule has 2 heterocycles. The van der Waals surface area contributed by atoms with Crippen molar-refractivity contribution in [2.45, 2.75) is 78.0 Å². The lowest BCUT2D eigenvalue weighted by molar-refractivity contribution is 0.0115. The van der Waals surface area contributed by atoms with Crippen LogP contribution in [0.2, 0.25) is 0 Å². The number of hydrogen-bond acceptors (Lipinski definition) is 2. The van der Waals surface area contributed by atoms with Gasteiger partial charge in [0.2, 0.25) is 0 Å². The van der Waals surface area contributed by atoms with Gasteiger partial charge in [-0.3, -0.25) is 0 Å². The molecule has 0 N–H and O–H groups in total. The van der Waals surface area contributed by atoms with E-state index in [0.29, 0.717) is 18.0 Å². The van der Waals surface area contributed by atoms with E-state index in [9.17, 15) is 4.79 Å². The molecule has 0 aliphatic carbocycles. The molecule has 0 aromatic carbocycles. The molecule has 3 heteroatoms. The fourth-order valence-electron chi connectivity index (χ4n) is 3.27. The summed E-state index contributed by atoms with van der Waals surface area (Å²) in [7, 11) is 0. The van der Waals surface area contributed by atoms with E-state index in [4.69, 9.17) is 4.74 Å². The lowest BCUT2D eigenvalue weighted by Crippen LogP contribution is -2.47. The number of amides is 1. The minimum atomic E-state index is -0.398. The minimum Gasteiger partial charge on any atom is -0.444 e. The first-order valence-electron chi connectivity index (χ1n) is 7.47. The quantitative estimate of drug-likeness (QED) is 0.667. The fourth-order valence-corrected chi connectivity index (χ4v) is 3.27. The first-order chi connectivity index (χ1) is 8.76. The van der Waals surface area contributed by atoms with Crippen LogP contribution in [0.5, 0.6) is 0 Å². The Bertz CT molecular complexity index is 363. The van der Waals surface area contributed by atoms with E-state index in [1.165, 1.54) is 5.57 Å². The summed E-state index contributed by atoms with van der Waals surface area (Å²) in [6.07, 6.45) is 6.57. The van der Waals surface area contributed by atoms with E-state index in [-0.39, 0.29) is 6.09 Å². The molecule has 0 saturated carbocycles. The molecule has 0 radical (unpaired) electrons. The SMILES string of the molecule is CC(C)C=C1CC2CCC(C1)N2C(=O)OC(C)(C)C. The number of piperidine rings is 1. The van der Waals surface area contributed by atoms with Gasteiger partial charge in [-0.05, 0) is 52.4 Å². The van der Waals surface area contributed by atoms with Gasteiger partial charge in [-0.25, -0.2) is 4.79 Å². The molecule has 0 aromatic rings. The number of carbonyl (C=O) groups is 1. The smallest absolute Gasteiger partial charge is 0.410 e. The molecule has 2 atom stereocenters. The van der Waals surface area contributed by atoms with Gasteiger partial charge in [-0.15, -0.1) is 0 Å². The van der Waals surface area contributed by atoms with E-state index in [2.05, 4.69) is 19.9 Å². The van der Waals surface area contributed by atoms with Crippen LogP contribution in [-0.2, 0) is 4.74 Å². The van der Waals surface area contributed by atoms with Gasteiger partial charge in [0.1, 0.15) is 5.60 Å². The number of carbonyl (C=O) groups excluding carboxylic acids is 1. The second kappa shape index (κ2) is 5.18. The van der Waals surface area contributed by atoms with Crippen LogP contribution in [0.25, 0.3) is 0 Å². The van der Waals surface area contributed by atoms with Gasteiger partial charge in [0.25, 0.3) is 0 Å². The van der Waals surface area contributed by atoms with Gasteiger partial charge in [-0.1, -0.05) is 25.5 Å². The Kier molecular flexibility index (Phi) is 3.93. The third-order valence-corrected chi connectivity index (χ3v) is 3.79. The predicted molar refractivity (Wildman–Crippen MR) is 77.0 cm³/mol. The van der Waals surface area contributed by atoms with Crippen LogP contribution in [0.1, 0.15) is 60.3 Å². The van der Waals surface area contributed by atoms with Crippen LogP contribution >= 0.6 is 0 Å². The van der Waals surface area contributed by atoms with Crippen LogP contribution in [-0.4, -0.2) is 28.7 Å². The van der Waals surface area contributed by atoms with Gasteiger partial charge in [0.05, 0.1) is 0 Å². The Morgan fingerprint density at radius 1 is 1.26 bits per heavy atom. The zero-order chi connectivity index (χ0) is 14.2. The summed E-state index contributed by atoms with van der Waals surface area (Å²) < 4.78 is 5.54. The Labute approximate surface area is 117 Å². The zero-order valence-electron chi connectivity index (χ0n) is 12.9. The normalized spacial score (nSPS) is 26.8. The summed E-state index contributed by atoms with van der Waals surface area (Å²) >= 11 is 0. The van der Waals surface area contributed by atoms with Crippen LogP contribution < -0.4 is 0 Å². The van der Waals surface area contributed by atoms with Crippen molar-refractivity contribution in [1.82, 2.24) is 4.90 Å². The number of allylic oxidation sites excluding steroid dienone is 1. The monoisotopic (exact) mass is 265 g/mol. The summed E-state index contributed by atoms with van der Waals surface area (Å²) in [5.74, 6) is 0.600. The summed E-state index contributed by atoms with van der Waals surface area (Å²) in [6, 6.07) is 0.720. The molecule has 2 saturated heterocycles. The van der Waals surface area contributed by atoms with Gasteiger partial charge in [0, 0.05) is 12.1 Å². The van der Waals surface area contributed by atoms with E-state index in [1.807, 2.05) is 25.7 Å². The third kappa shape index (κ3) is 3.52. The van der Waals surface area contributed by atoms with Gasteiger partial charge >= 0.3 is 6.09 Å². The van der Waals surface area contributed by atoms with Crippen molar-refractivity contribution in [1.29, 1.82) is 0 Å². The van der Waals surface area contributed by atoms with Crippen LogP contribution in [0, 0.1) is 5.92 Å². The number of hydrogen-bond donors (Lipinski definition) is 0. The Balaban J connectivity index is 2.05. The van der Waals surface area contributed by atoms with Crippen LogP contribution in [0.4, 0.5) is 4.79 Å². The van der Waals surface area contributed by atoms with Gasteiger partial charge in [-0.2, -0.15) is 0 Å². The molecule has 2 unspecified atom stereocenters. The Morgan fingerprint density at radius 2 is 1.79 bits per heavy atom. The Hall–Kier alpha value is -0.990. The molecule has 0 aromatic heterocycles. The van der Waals surface area contributed by atoms with Crippen molar-refractivity contribution in [2.75, 3.05) is 0 Å². The number of fused-ring (bicyclic) bond motifs is 2. The third-order valence-electron chi connectivity index (χ3n) is 3.79. The second-order valence-electron chi connectivity index (χ2n) is 7.25. The van der Waals surface area contributed by atoms with Crippen LogP contribution in [0.15, 0.2) is 11.6 Å². The lowest BCUT2D eigenvalue weighted by Gasteiger charge is -2.37. The van der Waals surface area contributed by atoms with Crippen molar-refractivity contribution >= 4 is 6.09 Å². The maximum Gasteiger partial charge on any atom is 0.410 e. The molecule has 19 heavy (non-hydrogen) atoms. The Morgan fingerprint density at radius 3 is 2.21 bits per heavy atom. The lowest BCUT2D eigenvalue weighted by atomic mass is 9.94. The number of ether oxygens (including phenoxy) is 1. The molecule has 0 spiro atoms. The molecular weight excluding hydrogens is 238 g/mol. The maximum atomic E-state index is 12.3. The highest BCUT2D eigenvalue weighted by molar-refractivity contribution is 5.70. The molecule has 2 aliphatic heterocycles. The molecule has 2 aliphatic rings. The second-order valence-corrected chi connectivity index (χ2v) is 7.25. The van der Waals surface area contributed by atoms with Gasteiger partial charge in [0.15, 0.2) is 0 Å². The van der Waals surface area contributed by atoms with E-state index < -0.39 is 5.60 Å². The van der Waals surface area contributed by atoms with Gasteiger partial charge < -0.3 is 9.64 Å². The van der Waals surface area contributed by atoms with Crippen molar-refractivity contribution in [3.8, 4) is 0 Å². The highest BCUT2D eigenvalue weighted by Gasteiger charge is 2.42.